The first kappa shape index (κ1) is 14.4. The minimum atomic E-state index is -0.785. The third-order valence-electron chi connectivity index (χ3n) is 3.79. The lowest BCUT2D eigenvalue weighted by molar-refractivity contribution is -0.144. The van der Waals surface area contributed by atoms with Gasteiger partial charge in [-0.2, -0.15) is 0 Å². The zero-order valence-corrected chi connectivity index (χ0v) is 11.5. The van der Waals surface area contributed by atoms with E-state index < -0.39 is 5.97 Å². The van der Waals surface area contributed by atoms with E-state index in [1.165, 1.54) is 7.11 Å². The van der Waals surface area contributed by atoms with Crippen LogP contribution in [0.15, 0.2) is 30.3 Å². The van der Waals surface area contributed by atoms with Crippen LogP contribution in [0.2, 0.25) is 0 Å². The van der Waals surface area contributed by atoms with Gasteiger partial charge in [-0.25, -0.2) is 4.79 Å². The summed E-state index contributed by atoms with van der Waals surface area (Å²) in [5.41, 5.74) is 1.09. The Morgan fingerprint density at radius 2 is 2.05 bits per heavy atom. The fourth-order valence-corrected chi connectivity index (χ4v) is 2.71. The summed E-state index contributed by atoms with van der Waals surface area (Å²) in [6.45, 7) is 0.432. The number of hydrogen-bond acceptors (Lipinski definition) is 3. The Morgan fingerprint density at radius 3 is 2.65 bits per heavy atom. The number of carbonyl (C=O) groups is 2. The van der Waals surface area contributed by atoms with Gasteiger partial charge in [-0.1, -0.05) is 30.3 Å². The number of carboxylic acid groups (broad SMARTS) is 1. The molecule has 2 unspecified atom stereocenters. The maximum absolute atomic E-state index is 11.8. The van der Waals surface area contributed by atoms with Crippen LogP contribution in [0.4, 0.5) is 4.79 Å². The van der Waals surface area contributed by atoms with Crippen molar-refractivity contribution >= 4 is 12.1 Å². The van der Waals surface area contributed by atoms with E-state index in [0.717, 1.165) is 5.56 Å². The third kappa shape index (κ3) is 3.29. The van der Waals surface area contributed by atoms with Crippen molar-refractivity contribution < 1.29 is 19.4 Å². The number of likely N-dealkylation sites (tertiary alicyclic amines) is 1. The van der Waals surface area contributed by atoms with Crippen molar-refractivity contribution in [3.8, 4) is 0 Å². The molecule has 2 rings (SSSR count). The quantitative estimate of drug-likeness (QED) is 0.919. The fourth-order valence-electron chi connectivity index (χ4n) is 2.71. The molecular formula is C15H19NO4. The number of piperidine rings is 1. The molecule has 0 radical (unpaired) electrons. The first-order valence-corrected chi connectivity index (χ1v) is 6.73. The van der Waals surface area contributed by atoms with Gasteiger partial charge in [-0.05, 0) is 24.8 Å². The summed E-state index contributed by atoms with van der Waals surface area (Å²) in [6, 6.07) is 9.66. The lowest BCUT2D eigenvalue weighted by atomic mass is 9.88. The van der Waals surface area contributed by atoms with Gasteiger partial charge in [0, 0.05) is 12.6 Å². The highest BCUT2D eigenvalue weighted by Crippen LogP contribution is 2.26. The second kappa shape index (κ2) is 6.41. The van der Waals surface area contributed by atoms with Crippen LogP contribution in [0.5, 0.6) is 0 Å². The van der Waals surface area contributed by atoms with E-state index in [0.29, 0.717) is 25.8 Å². The molecule has 0 saturated carbocycles. The molecule has 1 aromatic carbocycles. The first-order valence-electron chi connectivity index (χ1n) is 6.73. The number of carbonyl (C=O) groups excluding carboxylic acids is 1. The van der Waals surface area contributed by atoms with Crippen LogP contribution in [0.1, 0.15) is 18.4 Å². The molecule has 5 nitrogen and oxygen atoms in total. The average Bonchev–Trinajstić information content (AvgIpc) is 2.47. The summed E-state index contributed by atoms with van der Waals surface area (Å²) >= 11 is 0. The van der Waals surface area contributed by atoms with Gasteiger partial charge in [-0.3, -0.25) is 4.79 Å². The number of methoxy groups -OCH3 is 1. The minimum Gasteiger partial charge on any atom is -0.481 e. The standard InChI is InChI=1S/C15H19NO4/c1-20-15(19)16-8-7-12(14(17)18)10-13(16)9-11-5-3-2-4-6-11/h2-6,12-13H,7-10H2,1H3,(H,17,18). The molecule has 1 saturated heterocycles. The first-order chi connectivity index (χ1) is 9.61. The molecule has 20 heavy (non-hydrogen) atoms. The lowest BCUT2D eigenvalue weighted by Crippen LogP contribution is -2.48. The number of hydrogen-bond donors (Lipinski definition) is 1. The van der Waals surface area contributed by atoms with Crippen LogP contribution in [-0.4, -0.2) is 41.8 Å². The molecule has 5 heteroatoms. The molecule has 0 aliphatic carbocycles. The van der Waals surface area contributed by atoms with Crippen LogP contribution in [0.3, 0.4) is 0 Å². The Morgan fingerprint density at radius 1 is 1.35 bits per heavy atom. The largest absolute Gasteiger partial charge is 0.481 e. The van der Waals surface area contributed by atoms with Gasteiger partial charge in [-0.15, -0.1) is 0 Å². The summed E-state index contributed by atoms with van der Waals surface area (Å²) in [6.07, 6.45) is 1.23. The third-order valence-corrected chi connectivity index (χ3v) is 3.79. The van der Waals surface area contributed by atoms with Crippen molar-refractivity contribution in [3.63, 3.8) is 0 Å². The Kier molecular flexibility index (Phi) is 4.61. The normalized spacial score (nSPS) is 22.4. The molecule has 1 aliphatic rings. The topological polar surface area (TPSA) is 66.8 Å². The monoisotopic (exact) mass is 277 g/mol. The van der Waals surface area contributed by atoms with Crippen molar-refractivity contribution in [2.75, 3.05) is 13.7 Å². The predicted octanol–water partition coefficient (Wildman–Crippen LogP) is 2.16. The average molecular weight is 277 g/mol. The number of carboxylic acids is 1. The van der Waals surface area contributed by atoms with Gasteiger partial charge in [0.25, 0.3) is 0 Å². The van der Waals surface area contributed by atoms with E-state index in [9.17, 15) is 9.59 Å². The van der Waals surface area contributed by atoms with Crippen LogP contribution in [0, 0.1) is 5.92 Å². The van der Waals surface area contributed by atoms with Gasteiger partial charge in [0.15, 0.2) is 0 Å². The smallest absolute Gasteiger partial charge is 0.409 e. The predicted molar refractivity (Wildman–Crippen MR) is 73.4 cm³/mol. The Hall–Kier alpha value is -2.04. The summed E-state index contributed by atoms with van der Waals surface area (Å²) in [5.74, 6) is -1.17. The minimum absolute atomic E-state index is 0.125. The molecule has 1 fully saturated rings. The Bertz CT molecular complexity index is 474. The van der Waals surface area contributed by atoms with Gasteiger partial charge in [0.1, 0.15) is 0 Å². The number of ether oxygens (including phenoxy) is 1. The Labute approximate surface area is 118 Å². The second-order valence-electron chi connectivity index (χ2n) is 5.07. The summed E-state index contributed by atoms with van der Waals surface area (Å²) in [4.78, 5) is 24.6. The summed E-state index contributed by atoms with van der Waals surface area (Å²) in [7, 11) is 1.35. The van der Waals surface area contributed by atoms with Crippen LogP contribution < -0.4 is 0 Å². The lowest BCUT2D eigenvalue weighted by Gasteiger charge is -2.37. The van der Waals surface area contributed by atoms with E-state index >= 15 is 0 Å². The second-order valence-corrected chi connectivity index (χ2v) is 5.07. The number of rotatable bonds is 3. The summed E-state index contributed by atoms with van der Waals surface area (Å²) in [5, 5.41) is 9.17. The molecular weight excluding hydrogens is 258 g/mol. The zero-order valence-electron chi connectivity index (χ0n) is 11.5. The molecule has 1 heterocycles. The SMILES string of the molecule is COC(=O)N1CCC(C(=O)O)CC1Cc1ccccc1. The van der Waals surface area contributed by atoms with E-state index in [4.69, 9.17) is 9.84 Å². The molecule has 1 N–H and O–H groups in total. The van der Waals surface area contributed by atoms with Crippen molar-refractivity contribution in [1.29, 1.82) is 0 Å². The van der Waals surface area contributed by atoms with Crippen LogP contribution >= 0.6 is 0 Å². The molecule has 0 bridgehead atoms. The Balaban J connectivity index is 2.13. The van der Waals surface area contributed by atoms with E-state index in [1.54, 1.807) is 4.90 Å². The summed E-state index contributed by atoms with van der Waals surface area (Å²) < 4.78 is 4.79. The highest BCUT2D eigenvalue weighted by Gasteiger charge is 2.35. The number of benzene rings is 1. The molecule has 108 valence electrons. The maximum Gasteiger partial charge on any atom is 0.409 e. The van der Waals surface area contributed by atoms with Crippen molar-refractivity contribution in [3.05, 3.63) is 35.9 Å². The number of amides is 1. The van der Waals surface area contributed by atoms with Gasteiger partial charge >= 0.3 is 12.1 Å². The molecule has 0 aromatic heterocycles. The molecule has 1 aliphatic heterocycles. The number of nitrogens with zero attached hydrogens (tertiary/aromatic N) is 1. The number of aliphatic carboxylic acids is 1. The highest BCUT2D eigenvalue weighted by molar-refractivity contribution is 5.72. The fraction of sp³-hybridized carbons (Fsp3) is 0.467. The molecule has 0 spiro atoms. The van der Waals surface area contributed by atoms with Gasteiger partial charge in [0.05, 0.1) is 13.0 Å². The molecule has 1 amide bonds. The maximum atomic E-state index is 11.8. The van der Waals surface area contributed by atoms with E-state index in [1.807, 2.05) is 30.3 Å². The van der Waals surface area contributed by atoms with Crippen molar-refractivity contribution in [2.24, 2.45) is 5.92 Å². The van der Waals surface area contributed by atoms with Crippen LogP contribution in [0.25, 0.3) is 0 Å². The molecule has 1 aromatic rings. The zero-order chi connectivity index (χ0) is 14.5. The van der Waals surface area contributed by atoms with Crippen LogP contribution in [-0.2, 0) is 16.0 Å². The highest BCUT2D eigenvalue weighted by atomic mass is 16.5. The molecule has 2 atom stereocenters. The van der Waals surface area contributed by atoms with Gasteiger partial charge < -0.3 is 14.7 Å². The van der Waals surface area contributed by atoms with Crippen molar-refractivity contribution in [1.82, 2.24) is 4.90 Å². The van der Waals surface area contributed by atoms with Gasteiger partial charge in [0.2, 0.25) is 0 Å². The van der Waals surface area contributed by atoms with E-state index in [2.05, 4.69) is 0 Å². The van der Waals surface area contributed by atoms with Crippen molar-refractivity contribution in [2.45, 2.75) is 25.3 Å². The van der Waals surface area contributed by atoms with E-state index in [-0.39, 0.29) is 18.1 Å².